The van der Waals surface area contributed by atoms with E-state index in [9.17, 15) is 0 Å². The van der Waals surface area contributed by atoms with E-state index in [1.54, 1.807) is 11.1 Å². The maximum atomic E-state index is 2.43. The first-order valence-corrected chi connectivity index (χ1v) is 4.84. The molecule has 2 bridgehead atoms. The first-order valence-electron chi connectivity index (χ1n) is 4.84. The van der Waals surface area contributed by atoms with Crippen LogP contribution in [0.3, 0.4) is 0 Å². The van der Waals surface area contributed by atoms with E-state index in [1.807, 2.05) is 5.57 Å². The number of rotatable bonds is 1. The van der Waals surface area contributed by atoms with E-state index < -0.39 is 0 Å². The van der Waals surface area contributed by atoms with Gasteiger partial charge in [-0.05, 0) is 55.6 Å². The monoisotopic (exact) mass is 146 g/mol. The summed E-state index contributed by atoms with van der Waals surface area (Å²) in [5.74, 6) is 1.06. The average Bonchev–Trinajstić information content (AvgIpc) is 2.42. The summed E-state index contributed by atoms with van der Waals surface area (Å²) in [5, 5.41) is 0. The summed E-state index contributed by atoms with van der Waals surface area (Å²) in [6, 6.07) is 0. The minimum absolute atomic E-state index is 1.06. The van der Waals surface area contributed by atoms with E-state index >= 15 is 0 Å². The zero-order chi connectivity index (χ0) is 7.26. The molecule has 0 aliphatic heterocycles. The lowest BCUT2D eigenvalue weighted by molar-refractivity contribution is 0.561. The van der Waals surface area contributed by atoms with Crippen molar-refractivity contribution < 1.29 is 0 Å². The third-order valence-corrected chi connectivity index (χ3v) is 3.50. The third kappa shape index (κ3) is 0.756. The standard InChI is InChI=1S/C11H14/c1-2-9(3-1)11-7-8-4-5-10(11)6-8/h2,8H,1,3-7H2. The van der Waals surface area contributed by atoms with Crippen LogP contribution in [-0.2, 0) is 0 Å². The molecule has 0 saturated heterocycles. The van der Waals surface area contributed by atoms with E-state index in [4.69, 9.17) is 0 Å². The topological polar surface area (TPSA) is 0 Å². The van der Waals surface area contributed by atoms with Gasteiger partial charge >= 0.3 is 0 Å². The van der Waals surface area contributed by atoms with Crippen LogP contribution in [0.5, 0.6) is 0 Å². The van der Waals surface area contributed by atoms with Gasteiger partial charge in [-0.25, -0.2) is 0 Å². The molecular formula is C11H14. The van der Waals surface area contributed by atoms with Gasteiger partial charge in [0.25, 0.3) is 0 Å². The van der Waals surface area contributed by atoms with Crippen molar-refractivity contribution in [3.63, 3.8) is 0 Å². The van der Waals surface area contributed by atoms with E-state index in [-0.39, 0.29) is 0 Å². The summed E-state index contributed by atoms with van der Waals surface area (Å²) in [6.45, 7) is 0. The van der Waals surface area contributed by atoms with Gasteiger partial charge in [0.1, 0.15) is 0 Å². The normalized spacial score (nSPS) is 34.2. The van der Waals surface area contributed by atoms with Crippen LogP contribution in [0.4, 0.5) is 0 Å². The highest BCUT2D eigenvalue weighted by atomic mass is 14.4. The van der Waals surface area contributed by atoms with Crippen molar-refractivity contribution in [2.45, 2.75) is 38.5 Å². The highest BCUT2D eigenvalue weighted by Crippen LogP contribution is 2.48. The Hall–Kier alpha value is -0.520. The molecule has 1 fully saturated rings. The zero-order valence-corrected chi connectivity index (χ0v) is 6.90. The Morgan fingerprint density at radius 1 is 1.18 bits per heavy atom. The number of allylic oxidation sites excluding steroid dienone is 4. The summed E-state index contributed by atoms with van der Waals surface area (Å²) in [5.41, 5.74) is 5.32. The third-order valence-electron chi connectivity index (χ3n) is 3.50. The van der Waals surface area contributed by atoms with E-state index in [2.05, 4.69) is 6.08 Å². The maximum absolute atomic E-state index is 2.43. The summed E-state index contributed by atoms with van der Waals surface area (Å²) in [4.78, 5) is 0. The second-order valence-corrected chi connectivity index (χ2v) is 4.16. The molecule has 0 N–H and O–H groups in total. The molecule has 0 radical (unpaired) electrons. The van der Waals surface area contributed by atoms with Gasteiger partial charge in [0.05, 0.1) is 0 Å². The summed E-state index contributed by atoms with van der Waals surface area (Å²) in [6.07, 6.45) is 11.0. The van der Waals surface area contributed by atoms with E-state index in [1.165, 1.54) is 38.5 Å². The molecule has 0 aromatic rings. The summed E-state index contributed by atoms with van der Waals surface area (Å²) >= 11 is 0. The first-order chi connectivity index (χ1) is 5.43. The highest BCUT2D eigenvalue weighted by Gasteiger charge is 2.31. The molecular weight excluding hydrogens is 132 g/mol. The molecule has 1 saturated carbocycles. The molecule has 0 heteroatoms. The Bertz CT molecular complexity index is 255. The summed E-state index contributed by atoms with van der Waals surface area (Å²) in [7, 11) is 0. The number of fused-ring (bicyclic) bond motifs is 2. The van der Waals surface area contributed by atoms with Gasteiger partial charge in [-0.3, -0.25) is 0 Å². The fourth-order valence-corrected chi connectivity index (χ4v) is 2.73. The molecule has 3 aliphatic carbocycles. The van der Waals surface area contributed by atoms with Crippen molar-refractivity contribution in [3.8, 4) is 0 Å². The summed E-state index contributed by atoms with van der Waals surface area (Å²) < 4.78 is 0. The molecule has 0 aromatic carbocycles. The largest absolute Gasteiger partial charge is 0.0807 e. The lowest BCUT2D eigenvalue weighted by Gasteiger charge is -2.20. The Balaban J connectivity index is 1.97. The fourth-order valence-electron chi connectivity index (χ4n) is 2.73. The Kier molecular flexibility index (Phi) is 1.10. The molecule has 3 aliphatic rings. The van der Waals surface area contributed by atoms with Crippen molar-refractivity contribution >= 4 is 0 Å². The Morgan fingerprint density at radius 3 is 2.55 bits per heavy atom. The predicted octanol–water partition coefficient (Wildman–Crippen LogP) is 3.21. The highest BCUT2D eigenvalue weighted by molar-refractivity contribution is 5.44. The first kappa shape index (κ1) is 6.05. The maximum Gasteiger partial charge on any atom is -0.0244 e. The van der Waals surface area contributed by atoms with Gasteiger partial charge in [0, 0.05) is 0 Å². The minimum atomic E-state index is 1.06. The lowest BCUT2D eigenvalue weighted by atomic mass is 9.85. The van der Waals surface area contributed by atoms with Gasteiger partial charge in [-0.1, -0.05) is 11.6 Å². The van der Waals surface area contributed by atoms with Crippen molar-refractivity contribution in [3.05, 3.63) is 22.8 Å². The van der Waals surface area contributed by atoms with Gasteiger partial charge in [0.2, 0.25) is 0 Å². The average molecular weight is 146 g/mol. The van der Waals surface area contributed by atoms with Crippen LogP contribution >= 0.6 is 0 Å². The SMILES string of the molecule is C1=C(C2=C3CCC(C3)C2)CC1. The fraction of sp³-hybridized carbons (Fsp3) is 0.636. The Labute approximate surface area is 68.0 Å². The molecule has 0 nitrogen and oxygen atoms in total. The molecule has 0 heterocycles. The molecule has 0 aromatic heterocycles. The van der Waals surface area contributed by atoms with Crippen molar-refractivity contribution in [2.24, 2.45) is 5.92 Å². The van der Waals surface area contributed by atoms with Crippen LogP contribution in [-0.4, -0.2) is 0 Å². The van der Waals surface area contributed by atoms with Crippen LogP contribution in [0, 0.1) is 5.92 Å². The quantitative estimate of drug-likeness (QED) is 0.533. The molecule has 58 valence electrons. The molecule has 1 unspecified atom stereocenters. The predicted molar refractivity (Wildman–Crippen MR) is 46.3 cm³/mol. The van der Waals surface area contributed by atoms with E-state index in [0.717, 1.165) is 5.92 Å². The minimum Gasteiger partial charge on any atom is -0.0807 e. The molecule has 0 amide bonds. The number of hydrogen-bond acceptors (Lipinski definition) is 0. The second-order valence-electron chi connectivity index (χ2n) is 4.16. The molecule has 11 heavy (non-hydrogen) atoms. The smallest absolute Gasteiger partial charge is 0.0244 e. The van der Waals surface area contributed by atoms with E-state index in [0.29, 0.717) is 0 Å². The lowest BCUT2D eigenvalue weighted by Crippen LogP contribution is -2.02. The molecule has 0 spiro atoms. The van der Waals surface area contributed by atoms with Crippen LogP contribution in [0.1, 0.15) is 38.5 Å². The zero-order valence-electron chi connectivity index (χ0n) is 6.90. The van der Waals surface area contributed by atoms with Crippen LogP contribution in [0.25, 0.3) is 0 Å². The van der Waals surface area contributed by atoms with Gasteiger partial charge in [0.15, 0.2) is 0 Å². The van der Waals surface area contributed by atoms with Crippen molar-refractivity contribution in [1.82, 2.24) is 0 Å². The Morgan fingerprint density at radius 2 is 2.09 bits per heavy atom. The van der Waals surface area contributed by atoms with Gasteiger partial charge in [-0.2, -0.15) is 0 Å². The second kappa shape index (κ2) is 2.00. The van der Waals surface area contributed by atoms with Crippen LogP contribution in [0.15, 0.2) is 22.8 Å². The van der Waals surface area contributed by atoms with Crippen molar-refractivity contribution in [2.75, 3.05) is 0 Å². The van der Waals surface area contributed by atoms with Crippen LogP contribution in [0.2, 0.25) is 0 Å². The van der Waals surface area contributed by atoms with Gasteiger partial charge < -0.3 is 0 Å². The molecule has 3 rings (SSSR count). The number of hydrogen-bond donors (Lipinski definition) is 0. The van der Waals surface area contributed by atoms with Crippen molar-refractivity contribution in [1.29, 1.82) is 0 Å². The molecule has 1 atom stereocenters. The van der Waals surface area contributed by atoms with Crippen LogP contribution < -0.4 is 0 Å². The van der Waals surface area contributed by atoms with Gasteiger partial charge in [-0.15, -0.1) is 0 Å².